The number of carbonyl (C=O) groups is 1. The van der Waals surface area contributed by atoms with Gasteiger partial charge in [0.05, 0.1) is 18.9 Å². The highest BCUT2D eigenvalue weighted by Crippen LogP contribution is 2.08. The molecule has 2 nitrogen and oxygen atoms in total. The Morgan fingerprint density at radius 2 is 2.20 bits per heavy atom. The van der Waals surface area contributed by atoms with Crippen LogP contribution >= 0.6 is 15.9 Å². The molecule has 0 saturated carbocycles. The first-order chi connectivity index (χ1) is 7.27. The molecule has 0 atom stereocenters. The summed E-state index contributed by atoms with van der Waals surface area (Å²) in [6.45, 7) is 0. The molecule has 0 aliphatic carbocycles. The van der Waals surface area contributed by atoms with Crippen LogP contribution in [0.1, 0.15) is 11.1 Å². The van der Waals surface area contributed by atoms with Crippen LogP contribution in [0.3, 0.4) is 0 Å². The SMILES string of the molecule is COC(=O)Cc1ccccc1C#CCBr. The minimum atomic E-state index is -0.247. The van der Waals surface area contributed by atoms with Gasteiger partial charge in [-0.25, -0.2) is 0 Å². The predicted octanol–water partition coefficient (Wildman–Crippen LogP) is 2.15. The molecule has 78 valence electrons. The molecule has 0 heterocycles. The molecule has 1 aromatic rings. The number of esters is 1. The predicted molar refractivity (Wildman–Crippen MR) is 62.8 cm³/mol. The second-order valence-electron chi connectivity index (χ2n) is 2.85. The summed E-state index contributed by atoms with van der Waals surface area (Å²) in [4.78, 5) is 11.1. The van der Waals surface area contributed by atoms with Crippen molar-refractivity contribution in [2.75, 3.05) is 12.4 Å². The normalized spacial score (nSPS) is 8.93. The van der Waals surface area contributed by atoms with Gasteiger partial charge in [0.2, 0.25) is 0 Å². The van der Waals surface area contributed by atoms with Gasteiger partial charge in [0.25, 0.3) is 0 Å². The molecule has 1 aromatic carbocycles. The standard InChI is InChI=1S/C12H11BrO2/c1-15-12(14)9-11-6-3-2-5-10(11)7-4-8-13/h2-3,5-6H,8-9H2,1H3. The second kappa shape index (κ2) is 6.26. The van der Waals surface area contributed by atoms with E-state index in [1.54, 1.807) is 0 Å². The van der Waals surface area contributed by atoms with Crippen molar-refractivity contribution in [3.05, 3.63) is 35.4 Å². The third-order valence-corrected chi connectivity index (χ3v) is 2.15. The van der Waals surface area contributed by atoms with Crippen LogP contribution in [0, 0.1) is 11.8 Å². The smallest absolute Gasteiger partial charge is 0.310 e. The summed E-state index contributed by atoms with van der Waals surface area (Å²) in [7, 11) is 1.38. The third-order valence-electron chi connectivity index (χ3n) is 1.87. The van der Waals surface area contributed by atoms with E-state index >= 15 is 0 Å². The molecule has 0 radical (unpaired) electrons. The van der Waals surface area contributed by atoms with Crippen molar-refractivity contribution in [3.8, 4) is 11.8 Å². The van der Waals surface area contributed by atoms with Gasteiger partial charge in [0.15, 0.2) is 0 Å². The molecule has 0 amide bonds. The summed E-state index contributed by atoms with van der Waals surface area (Å²) < 4.78 is 4.62. The van der Waals surface area contributed by atoms with Gasteiger partial charge >= 0.3 is 5.97 Å². The Labute approximate surface area is 97.8 Å². The summed E-state index contributed by atoms with van der Waals surface area (Å²) in [5, 5.41) is 0.625. The van der Waals surface area contributed by atoms with E-state index < -0.39 is 0 Å². The van der Waals surface area contributed by atoms with E-state index in [-0.39, 0.29) is 12.4 Å². The molecule has 0 bridgehead atoms. The number of benzene rings is 1. The van der Waals surface area contributed by atoms with Crippen LogP contribution < -0.4 is 0 Å². The van der Waals surface area contributed by atoms with Crippen LogP contribution in [0.5, 0.6) is 0 Å². The van der Waals surface area contributed by atoms with E-state index in [1.807, 2.05) is 24.3 Å². The number of ether oxygens (including phenoxy) is 1. The van der Waals surface area contributed by atoms with E-state index in [9.17, 15) is 4.79 Å². The molecule has 0 N–H and O–H groups in total. The van der Waals surface area contributed by atoms with Crippen molar-refractivity contribution in [1.82, 2.24) is 0 Å². The number of hydrogen-bond donors (Lipinski definition) is 0. The van der Waals surface area contributed by atoms with Crippen molar-refractivity contribution >= 4 is 21.9 Å². The van der Waals surface area contributed by atoms with Crippen LogP contribution in [-0.4, -0.2) is 18.4 Å². The van der Waals surface area contributed by atoms with Crippen molar-refractivity contribution in [2.45, 2.75) is 6.42 Å². The number of rotatable bonds is 2. The Hall–Kier alpha value is -1.27. The van der Waals surface area contributed by atoms with Crippen LogP contribution in [-0.2, 0) is 16.0 Å². The fourth-order valence-electron chi connectivity index (χ4n) is 1.15. The minimum Gasteiger partial charge on any atom is -0.469 e. The Balaban J connectivity index is 2.91. The van der Waals surface area contributed by atoms with E-state index in [0.29, 0.717) is 5.33 Å². The number of alkyl halides is 1. The van der Waals surface area contributed by atoms with Gasteiger partial charge in [-0.3, -0.25) is 4.79 Å². The first-order valence-electron chi connectivity index (χ1n) is 4.47. The van der Waals surface area contributed by atoms with Gasteiger partial charge in [-0.05, 0) is 11.6 Å². The summed E-state index contributed by atoms with van der Waals surface area (Å²) >= 11 is 3.23. The zero-order valence-electron chi connectivity index (χ0n) is 8.42. The highest BCUT2D eigenvalue weighted by atomic mass is 79.9. The molecule has 15 heavy (non-hydrogen) atoms. The van der Waals surface area contributed by atoms with Gasteiger partial charge in [-0.2, -0.15) is 0 Å². The molecule has 0 saturated heterocycles. The van der Waals surface area contributed by atoms with Gasteiger partial charge in [0.1, 0.15) is 0 Å². The van der Waals surface area contributed by atoms with Gasteiger partial charge in [0, 0.05) is 5.56 Å². The number of hydrogen-bond acceptors (Lipinski definition) is 2. The highest BCUT2D eigenvalue weighted by Gasteiger charge is 2.05. The lowest BCUT2D eigenvalue weighted by atomic mass is 10.1. The Morgan fingerprint density at radius 3 is 2.87 bits per heavy atom. The van der Waals surface area contributed by atoms with Gasteiger partial charge in [-0.15, -0.1) is 0 Å². The maximum atomic E-state index is 11.1. The van der Waals surface area contributed by atoms with Crippen LogP contribution in [0.4, 0.5) is 0 Å². The summed E-state index contributed by atoms with van der Waals surface area (Å²) in [5.41, 5.74) is 1.78. The monoisotopic (exact) mass is 266 g/mol. The molecule has 0 aliphatic heterocycles. The molecular weight excluding hydrogens is 256 g/mol. The molecule has 0 fully saturated rings. The first-order valence-corrected chi connectivity index (χ1v) is 5.59. The summed E-state index contributed by atoms with van der Waals surface area (Å²) in [6.07, 6.45) is 0.267. The largest absolute Gasteiger partial charge is 0.469 e. The molecule has 3 heteroatoms. The number of carbonyl (C=O) groups excluding carboxylic acids is 1. The van der Waals surface area contributed by atoms with Crippen molar-refractivity contribution in [2.24, 2.45) is 0 Å². The lowest BCUT2D eigenvalue weighted by Gasteiger charge is -2.02. The zero-order valence-corrected chi connectivity index (χ0v) is 10.0. The number of methoxy groups -OCH3 is 1. The zero-order chi connectivity index (χ0) is 11.1. The molecule has 0 aromatic heterocycles. The average molecular weight is 267 g/mol. The topological polar surface area (TPSA) is 26.3 Å². The Bertz CT molecular complexity index is 402. The van der Waals surface area contributed by atoms with Gasteiger partial charge in [-0.1, -0.05) is 46.0 Å². The fourth-order valence-corrected chi connectivity index (χ4v) is 1.29. The summed E-state index contributed by atoms with van der Waals surface area (Å²) in [6, 6.07) is 7.57. The quantitative estimate of drug-likeness (QED) is 0.466. The summed E-state index contributed by atoms with van der Waals surface area (Å²) in [5.74, 6) is 5.65. The van der Waals surface area contributed by atoms with Crippen LogP contribution in [0.2, 0.25) is 0 Å². The van der Waals surface area contributed by atoms with Crippen molar-refractivity contribution in [3.63, 3.8) is 0 Å². The Kier molecular flexibility index (Phi) is 4.92. The second-order valence-corrected chi connectivity index (χ2v) is 3.41. The lowest BCUT2D eigenvalue weighted by Crippen LogP contribution is -2.05. The third kappa shape index (κ3) is 3.77. The van der Waals surface area contributed by atoms with E-state index in [4.69, 9.17) is 0 Å². The van der Waals surface area contributed by atoms with E-state index in [0.717, 1.165) is 11.1 Å². The minimum absolute atomic E-state index is 0.247. The van der Waals surface area contributed by atoms with Crippen LogP contribution in [0.25, 0.3) is 0 Å². The molecule has 1 rings (SSSR count). The molecule has 0 aliphatic rings. The maximum Gasteiger partial charge on any atom is 0.310 e. The lowest BCUT2D eigenvalue weighted by molar-refractivity contribution is -0.139. The highest BCUT2D eigenvalue weighted by molar-refractivity contribution is 9.09. The van der Waals surface area contributed by atoms with Crippen LogP contribution in [0.15, 0.2) is 24.3 Å². The fraction of sp³-hybridized carbons (Fsp3) is 0.250. The molecular formula is C12H11BrO2. The first kappa shape index (κ1) is 11.8. The molecule has 0 spiro atoms. The average Bonchev–Trinajstić information content (AvgIpc) is 2.28. The van der Waals surface area contributed by atoms with E-state index in [2.05, 4.69) is 32.5 Å². The van der Waals surface area contributed by atoms with E-state index in [1.165, 1.54) is 7.11 Å². The van der Waals surface area contributed by atoms with Crippen molar-refractivity contribution < 1.29 is 9.53 Å². The number of halogens is 1. The maximum absolute atomic E-state index is 11.1. The van der Waals surface area contributed by atoms with Crippen molar-refractivity contribution in [1.29, 1.82) is 0 Å². The van der Waals surface area contributed by atoms with Gasteiger partial charge < -0.3 is 4.74 Å². The Morgan fingerprint density at radius 1 is 1.47 bits per heavy atom. The molecule has 0 unspecified atom stereocenters.